The fourth-order valence-corrected chi connectivity index (χ4v) is 2.59. The molecule has 2 heterocycles. The van der Waals surface area contributed by atoms with Gasteiger partial charge in [-0.1, -0.05) is 0 Å². The maximum Gasteiger partial charge on any atom is 0.433 e. The summed E-state index contributed by atoms with van der Waals surface area (Å²) in [5, 5.41) is 5.69. The number of aromatic nitrogens is 3. The molecule has 1 fully saturated rings. The zero-order valence-corrected chi connectivity index (χ0v) is 13.7. The van der Waals surface area contributed by atoms with Crippen molar-refractivity contribution in [2.45, 2.75) is 37.8 Å². The van der Waals surface area contributed by atoms with Crippen LogP contribution in [0, 0.1) is 0 Å². The van der Waals surface area contributed by atoms with E-state index >= 15 is 0 Å². The summed E-state index contributed by atoms with van der Waals surface area (Å²) in [6.07, 6.45) is -1.55. The molecule has 0 aromatic carbocycles. The highest BCUT2D eigenvalue weighted by Crippen LogP contribution is 2.41. The van der Waals surface area contributed by atoms with E-state index in [2.05, 4.69) is 15.4 Å². The second-order valence-electron chi connectivity index (χ2n) is 5.85. The number of carbonyl (C=O) groups excluding carboxylic acids is 2. The zero-order valence-electron chi connectivity index (χ0n) is 12.9. The quantitative estimate of drug-likeness (QED) is 0.623. The third-order valence-corrected chi connectivity index (χ3v) is 4.05. The van der Waals surface area contributed by atoms with E-state index in [1.165, 1.54) is 0 Å². The van der Waals surface area contributed by atoms with Gasteiger partial charge in [-0.25, -0.2) is 9.50 Å². The lowest BCUT2D eigenvalue weighted by Gasteiger charge is -2.11. The van der Waals surface area contributed by atoms with Crippen LogP contribution in [-0.4, -0.2) is 32.3 Å². The summed E-state index contributed by atoms with van der Waals surface area (Å²) in [6, 6.07) is 0.992. The second-order valence-corrected chi connectivity index (χ2v) is 6.27. The molecule has 0 atom stereocenters. The minimum absolute atomic E-state index is 0.00774. The molecule has 1 amide bonds. The lowest BCUT2D eigenvalue weighted by Crippen LogP contribution is -2.25. The van der Waals surface area contributed by atoms with Gasteiger partial charge in [0.05, 0.1) is 6.20 Å². The third kappa shape index (κ3) is 3.92. The number of rotatable bonds is 6. The van der Waals surface area contributed by atoms with E-state index in [4.69, 9.17) is 11.6 Å². The number of carbonyl (C=O) groups is 2. The fourth-order valence-electron chi connectivity index (χ4n) is 2.46. The predicted molar refractivity (Wildman–Crippen MR) is 82.4 cm³/mol. The van der Waals surface area contributed by atoms with E-state index in [0.717, 1.165) is 25.1 Å². The molecule has 0 radical (unpaired) electrons. The van der Waals surface area contributed by atoms with Gasteiger partial charge in [-0.05, 0) is 36.9 Å². The molecule has 134 valence electrons. The van der Waals surface area contributed by atoms with Crippen molar-refractivity contribution in [3.8, 4) is 0 Å². The summed E-state index contributed by atoms with van der Waals surface area (Å²) in [5.41, 5.74) is -0.791. The smallest absolute Gasteiger partial charge is 0.352 e. The van der Waals surface area contributed by atoms with E-state index in [9.17, 15) is 22.8 Å². The highest BCUT2D eigenvalue weighted by atomic mass is 35.5. The molecular weight excluding hydrogens is 361 g/mol. The Morgan fingerprint density at radius 3 is 2.68 bits per heavy atom. The van der Waals surface area contributed by atoms with Crippen LogP contribution in [0.15, 0.2) is 12.3 Å². The van der Waals surface area contributed by atoms with Gasteiger partial charge in [0.1, 0.15) is 11.3 Å². The molecule has 2 aromatic heterocycles. The molecule has 0 saturated heterocycles. The average Bonchev–Trinajstić information content (AvgIpc) is 3.29. The Balaban J connectivity index is 1.90. The highest BCUT2D eigenvalue weighted by molar-refractivity contribution is 6.63. The van der Waals surface area contributed by atoms with Crippen molar-refractivity contribution >= 4 is 28.4 Å². The first-order chi connectivity index (χ1) is 11.8. The topological polar surface area (TPSA) is 76.4 Å². The molecule has 3 rings (SSSR count). The summed E-state index contributed by atoms with van der Waals surface area (Å²) < 4.78 is 40.5. The molecule has 1 N–H and O–H groups in total. The van der Waals surface area contributed by atoms with Gasteiger partial charge in [0.2, 0.25) is 5.24 Å². The number of hydrogen-bond donors (Lipinski definition) is 1. The molecule has 1 saturated carbocycles. The van der Waals surface area contributed by atoms with E-state index in [1.54, 1.807) is 0 Å². The van der Waals surface area contributed by atoms with Crippen LogP contribution in [0.2, 0.25) is 0 Å². The average molecular weight is 375 g/mol. The normalized spacial score (nSPS) is 14.7. The van der Waals surface area contributed by atoms with Crippen LogP contribution in [0.25, 0.3) is 5.65 Å². The van der Waals surface area contributed by atoms with E-state index in [0.29, 0.717) is 16.6 Å². The number of halogens is 4. The summed E-state index contributed by atoms with van der Waals surface area (Å²) >= 11 is 5.20. The first-order valence-corrected chi connectivity index (χ1v) is 8.07. The van der Waals surface area contributed by atoms with Gasteiger partial charge in [-0.2, -0.15) is 18.3 Å². The monoisotopic (exact) mass is 374 g/mol. The van der Waals surface area contributed by atoms with Gasteiger partial charge in [0.15, 0.2) is 5.65 Å². The van der Waals surface area contributed by atoms with Crippen molar-refractivity contribution in [1.29, 1.82) is 0 Å². The molecule has 0 spiro atoms. The standard InChI is InChI=1S/C15H14ClF3N4O2/c16-12(24)2-1-5-20-14(25)9-7-21-23-11(15(17,18)19)6-10(8-3-4-8)22-13(9)23/h6-8H,1-5H2,(H,20,25). The Morgan fingerprint density at radius 1 is 1.36 bits per heavy atom. The first-order valence-electron chi connectivity index (χ1n) is 7.70. The van der Waals surface area contributed by atoms with Gasteiger partial charge >= 0.3 is 6.18 Å². The molecule has 0 bridgehead atoms. The number of fused-ring (bicyclic) bond motifs is 1. The third-order valence-electron chi connectivity index (χ3n) is 3.86. The van der Waals surface area contributed by atoms with Gasteiger partial charge < -0.3 is 5.32 Å². The summed E-state index contributed by atoms with van der Waals surface area (Å²) in [5.74, 6) is -0.600. The Bertz CT molecular complexity index is 830. The Morgan fingerprint density at radius 2 is 2.08 bits per heavy atom. The molecule has 1 aliphatic carbocycles. The van der Waals surface area contributed by atoms with Crippen molar-refractivity contribution < 1.29 is 22.8 Å². The van der Waals surface area contributed by atoms with Crippen LogP contribution in [0.4, 0.5) is 13.2 Å². The summed E-state index contributed by atoms with van der Waals surface area (Å²) in [4.78, 5) is 27.1. The predicted octanol–water partition coefficient (Wildman–Crippen LogP) is 2.90. The van der Waals surface area contributed by atoms with Crippen LogP contribution in [0.1, 0.15) is 53.3 Å². The lowest BCUT2D eigenvalue weighted by molar-refractivity contribution is -0.142. The Kier molecular flexibility index (Phi) is 4.68. The molecule has 6 nitrogen and oxygen atoms in total. The first kappa shape index (κ1) is 17.7. The minimum atomic E-state index is -4.61. The summed E-state index contributed by atoms with van der Waals surface area (Å²) in [6.45, 7) is 0.170. The van der Waals surface area contributed by atoms with Crippen LogP contribution in [-0.2, 0) is 11.0 Å². The second kappa shape index (κ2) is 6.62. The van der Waals surface area contributed by atoms with E-state index in [1.807, 2.05) is 0 Å². The Hall–Kier alpha value is -2.16. The van der Waals surface area contributed by atoms with E-state index < -0.39 is 23.0 Å². The van der Waals surface area contributed by atoms with Gasteiger partial charge in [-0.3, -0.25) is 9.59 Å². The van der Waals surface area contributed by atoms with Crippen molar-refractivity contribution in [2.75, 3.05) is 6.54 Å². The highest BCUT2D eigenvalue weighted by Gasteiger charge is 2.37. The maximum atomic E-state index is 13.3. The number of alkyl halides is 3. The van der Waals surface area contributed by atoms with Crippen LogP contribution < -0.4 is 5.32 Å². The van der Waals surface area contributed by atoms with Gasteiger partial charge in [0.25, 0.3) is 5.91 Å². The van der Waals surface area contributed by atoms with Crippen LogP contribution in [0.3, 0.4) is 0 Å². The zero-order chi connectivity index (χ0) is 18.2. The molecule has 0 unspecified atom stereocenters. The SMILES string of the molecule is O=C(Cl)CCCNC(=O)c1cnn2c(C(F)(F)F)cc(C3CC3)nc12. The molecule has 10 heteroatoms. The number of nitrogens with zero attached hydrogens (tertiary/aromatic N) is 3. The molecular formula is C15H14ClF3N4O2. The van der Waals surface area contributed by atoms with Gasteiger partial charge in [-0.15, -0.1) is 0 Å². The fraction of sp³-hybridized carbons (Fsp3) is 0.467. The molecule has 2 aromatic rings. The van der Waals surface area contributed by atoms with Gasteiger partial charge in [0, 0.05) is 24.6 Å². The number of nitrogens with one attached hydrogen (secondary N) is 1. The number of hydrogen-bond acceptors (Lipinski definition) is 4. The van der Waals surface area contributed by atoms with Crippen LogP contribution in [0.5, 0.6) is 0 Å². The largest absolute Gasteiger partial charge is 0.433 e. The van der Waals surface area contributed by atoms with Crippen molar-refractivity contribution in [1.82, 2.24) is 19.9 Å². The maximum absolute atomic E-state index is 13.3. The molecule has 1 aliphatic rings. The minimum Gasteiger partial charge on any atom is -0.352 e. The van der Waals surface area contributed by atoms with Crippen molar-refractivity contribution in [3.63, 3.8) is 0 Å². The molecule has 25 heavy (non-hydrogen) atoms. The lowest BCUT2D eigenvalue weighted by atomic mass is 10.2. The van der Waals surface area contributed by atoms with Crippen LogP contribution >= 0.6 is 11.6 Å². The Labute approximate surface area is 145 Å². The molecule has 0 aliphatic heterocycles. The van der Waals surface area contributed by atoms with Crippen molar-refractivity contribution in [2.24, 2.45) is 0 Å². The summed E-state index contributed by atoms with van der Waals surface area (Å²) in [7, 11) is 0. The van der Waals surface area contributed by atoms with Crippen molar-refractivity contribution in [3.05, 3.63) is 29.2 Å². The van der Waals surface area contributed by atoms with E-state index in [-0.39, 0.29) is 30.1 Å². The number of amides is 1.